The highest BCUT2D eigenvalue weighted by molar-refractivity contribution is 5.78. The summed E-state index contributed by atoms with van der Waals surface area (Å²) in [5, 5.41) is 2.91. The van der Waals surface area contributed by atoms with E-state index in [9.17, 15) is 4.79 Å². The number of benzene rings is 2. The average Bonchev–Trinajstić information content (AvgIpc) is 2.69. The van der Waals surface area contributed by atoms with Gasteiger partial charge in [-0.25, -0.2) is 9.97 Å². The van der Waals surface area contributed by atoms with Crippen molar-refractivity contribution in [3.05, 3.63) is 78.2 Å². The summed E-state index contributed by atoms with van der Waals surface area (Å²) in [4.78, 5) is 20.7. The summed E-state index contributed by atoms with van der Waals surface area (Å²) < 4.78 is 5.40. The third kappa shape index (κ3) is 4.89. The number of carbonyl (C=O) groups excluding carboxylic acids is 1. The SMILES string of the molecule is CCOc1ccc(CC(=O)NCc2cc(-c3ccccc3)ncn2)cc1. The van der Waals surface area contributed by atoms with E-state index in [1.807, 2.05) is 67.6 Å². The predicted octanol–water partition coefficient (Wildman–Crippen LogP) is 3.40. The molecule has 0 radical (unpaired) electrons. The van der Waals surface area contributed by atoms with Gasteiger partial charge in [-0.2, -0.15) is 0 Å². The maximum atomic E-state index is 12.2. The topological polar surface area (TPSA) is 64.1 Å². The predicted molar refractivity (Wildman–Crippen MR) is 101 cm³/mol. The van der Waals surface area contributed by atoms with Crippen molar-refractivity contribution in [1.29, 1.82) is 0 Å². The van der Waals surface area contributed by atoms with Crippen LogP contribution in [0.2, 0.25) is 0 Å². The molecule has 1 N–H and O–H groups in total. The maximum absolute atomic E-state index is 12.2. The van der Waals surface area contributed by atoms with Crippen LogP contribution in [0.15, 0.2) is 67.0 Å². The molecule has 0 bridgehead atoms. The van der Waals surface area contributed by atoms with Crippen molar-refractivity contribution < 1.29 is 9.53 Å². The Hall–Kier alpha value is -3.21. The molecule has 26 heavy (non-hydrogen) atoms. The summed E-state index contributed by atoms with van der Waals surface area (Å²) in [5.74, 6) is 0.764. The van der Waals surface area contributed by atoms with Gasteiger partial charge in [0.1, 0.15) is 12.1 Å². The highest BCUT2D eigenvalue weighted by Gasteiger charge is 2.06. The molecule has 0 fully saturated rings. The smallest absolute Gasteiger partial charge is 0.224 e. The van der Waals surface area contributed by atoms with Gasteiger partial charge in [0.25, 0.3) is 0 Å². The van der Waals surface area contributed by atoms with Crippen molar-refractivity contribution in [3.8, 4) is 17.0 Å². The normalized spacial score (nSPS) is 10.3. The first-order chi connectivity index (χ1) is 12.7. The Bertz CT molecular complexity index is 849. The van der Waals surface area contributed by atoms with Gasteiger partial charge in [0.05, 0.1) is 31.0 Å². The summed E-state index contributed by atoms with van der Waals surface area (Å²) >= 11 is 0. The Labute approximate surface area is 153 Å². The molecular formula is C21H21N3O2. The van der Waals surface area contributed by atoms with Crippen LogP contribution in [0, 0.1) is 0 Å². The molecule has 3 aromatic rings. The second kappa shape index (κ2) is 8.76. The first-order valence-electron chi connectivity index (χ1n) is 8.59. The average molecular weight is 347 g/mol. The van der Waals surface area contributed by atoms with Gasteiger partial charge in [-0.05, 0) is 30.7 Å². The fourth-order valence-corrected chi connectivity index (χ4v) is 2.57. The minimum absolute atomic E-state index is 0.0472. The van der Waals surface area contributed by atoms with E-state index in [1.165, 1.54) is 6.33 Å². The van der Waals surface area contributed by atoms with Gasteiger partial charge in [0.2, 0.25) is 5.91 Å². The Morgan fingerprint density at radius 3 is 2.54 bits per heavy atom. The number of nitrogens with one attached hydrogen (secondary N) is 1. The van der Waals surface area contributed by atoms with Crippen molar-refractivity contribution in [2.45, 2.75) is 19.9 Å². The van der Waals surface area contributed by atoms with Gasteiger partial charge in [0, 0.05) is 5.56 Å². The van der Waals surface area contributed by atoms with Crippen LogP contribution < -0.4 is 10.1 Å². The van der Waals surface area contributed by atoms with E-state index < -0.39 is 0 Å². The molecule has 0 saturated carbocycles. The van der Waals surface area contributed by atoms with E-state index in [0.29, 0.717) is 19.6 Å². The first kappa shape index (κ1) is 17.6. The molecule has 0 atom stereocenters. The fraction of sp³-hybridized carbons (Fsp3) is 0.190. The van der Waals surface area contributed by atoms with Crippen LogP contribution >= 0.6 is 0 Å². The molecule has 132 valence electrons. The third-order valence-electron chi connectivity index (χ3n) is 3.86. The number of amides is 1. The van der Waals surface area contributed by atoms with Crippen LogP contribution in [0.3, 0.4) is 0 Å². The second-order valence-corrected chi connectivity index (χ2v) is 5.79. The standard InChI is InChI=1S/C21H21N3O2/c1-2-26-19-10-8-16(9-11-19)12-21(25)22-14-18-13-20(24-15-23-18)17-6-4-3-5-7-17/h3-11,13,15H,2,12,14H2,1H3,(H,22,25). The fourth-order valence-electron chi connectivity index (χ4n) is 2.57. The second-order valence-electron chi connectivity index (χ2n) is 5.79. The van der Waals surface area contributed by atoms with Crippen molar-refractivity contribution >= 4 is 5.91 Å². The number of aromatic nitrogens is 2. The van der Waals surface area contributed by atoms with Gasteiger partial charge >= 0.3 is 0 Å². The summed E-state index contributed by atoms with van der Waals surface area (Å²) in [6.45, 7) is 2.94. The molecule has 0 unspecified atom stereocenters. The van der Waals surface area contributed by atoms with Crippen LogP contribution in [0.5, 0.6) is 5.75 Å². The van der Waals surface area contributed by atoms with Gasteiger partial charge in [-0.3, -0.25) is 4.79 Å². The number of rotatable bonds is 7. The van der Waals surface area contributed by atoms with Crippen molar-refractivity contribution in [3.63, 3.8) is 0 Å². The number of nitrogens with zero attached hydrogens (tertiary/aromatic N) is 2. The lowest BCUT2D eigenvalue weighted by molar-refractivity contribution is -0.120. The molecule has 2 aromatic carbocycles. The quantitative estimate of drug-likeness (QED) is 0.711. The molecule has 3 rings (SSSR count). The molecule has 0 aliphatic heterocycles. The molecule has 5 heteroatoms. The number of carbonyl (C=O) groups is 1. The van der Waals surface area contributed by atoms with Crippen LogP contribution in [0.4, 0.5) is 0 Å². The summed E-state index contributed by atoms with van der Waals surface area (Å²) in [6.07, 6.45) is 1.85. The lowest BCUT2D eigenvalue weighted by Crippen LogP contribution is -2.25. The molecule has 0 saturated heterocycles. The van der Waals surface area contributed by atoms with E-state index in [1.54, 1.807) is 0 Å². The van der Waals surface area contributed by atoms with Crippen LogP contribution in [-0.2, 0) is 17.8 Å². The van der Waals surface area contributed by atoms with Crippen LogP contribution in [-0.4, -0.2) is 22.5 Å². The Morgan fingerprint density at radius 1 is 1.04 bits per heavy atom. The monoisotopic (exact) mass is 347 g/mol. The largest absolute Gasteiger partial charge is 0.494 e. The molecular weight excluding hydrogens is 326 g/mol. The Kier molecular flexibility index (Phi) is 5.93. The van der Waals surface area contributed by atoms with Gasteiger partial charge in [-0.1, -0.05) is 42.5 Å². The minimum atomic E-state index is -0.0472. The van der Waals surface area contributed by atoms with Crippen LogP contribution in [0.1, 0.15) is 18.2 Å². The molecule has 1 aromatic heterocycles. The zero-order valence-electron chi connectivity index (χ0n) is 14.7. The zero-order chi connectivity index (χ0) is 18.2. The Morgan fingerprint density at radius 2 is 1.81 bits per heavy atom. The molecule has 1 amide bonds. The van der Waals surface area contributed by atoms with Crippen molar-refractivity contribution in [2.24, 2.45) is 0 Å². The maximum Gasteiger partial charge on any atom is 0.224 e. The molecule has 1 heterocycles. The van der Waals surface area contributed by atoms with E-state index in [2.05, 4.69) is 15.3 Å². The van der Waals surface area contributed by atoms with Gasteiger partial charge in [0.15, 0.2) is 0 Å². The third-order valence-corrected chi connectivity index (χ3v) is 3.86. The molecule has 0 aliphatic rings. The summed E-state index contributed by atoms with van der Waals surface area (Å²) in [7, 11) is 0. The molecule has 0 aliphatic carbocycles. The lowest BCUT2D eigenvalue weighted by Gasteiger charge is -2.07. The van der Waals surface area contributed by atoms with E-state index in [-0.39, 0.29) is 5.91 Å². The highest BCUT2D eigenvalue weighted by Crippen LogP contribution is 2.16. The van der Waals surface area contributed by atoms with Crippen LogP contribution in [0.25, 0.3) is 11.3 Å². The van der Waals surface area contributed by atoms with Crippen molar-refractivity contribution in [1.82, 2.24) is 15.3 Å². The molecule has 0 spiro atoms. The summed E-state index contributed by atoms with van der Waals surface area (Å²) in [6, 6.07) is 19.4. The van der Waals surface area contributed by atoms with E-state index in [0.717, 1.165) is 28.3 Å². The van der Waals surface area contributed by atoms with Gasteiger partial charge in [-0.15, -0.1) is 0 Å². The van der Waals surface area contributed by atoms with E-state index >= 15 is 0 Å². The van der Waals surface area contributed by atoms with Crippen molar-refractivity contribution in [2.75, 3.05) is 6.61 Å². The number of ether oxygens (including phenoxy) is 1. The first-order valence-corrected chi connectivity index (χ1v) is 8.59. The summed E-state index contributed by atoms with van der Waals surface area (Å²) in [5.41, 5.74) is 3.59. The number of hydrogen-bond donors (Lipinski definition) is 1. The molecule has 5 nitrogen and oxygen atoms in total. The highest BCUT2D eigenvalue weighted by atomic mass is 16.5. The minimum Gasteiger partial charge on any atom is -0.494 e. The Balaban J connectivity index is 1.56. The zero-order valence-corrected chi connectivity index (χ0v) is 14.7. The van der Waals surface area contributed by atoms with Gasteiger partial charge < -0.3 is 10.1 Å². The number of hydrogen-bond acceptors (Lipinski definition) is 4. The van der Waals surface area contributed by atoms with E-state index in [4.69, 9.17) is 4.74 Å². The lowest BCUT2D eigenvalue weighted by atomic mass is 10.1.